The minimum atomic E-state index is -0.814. The van der Waals surface area contributed by atoms with Crippen LogP contribution < -0.4 is 16.0 Å². The summed E-state index contributed by atoms with van der Waals surface area (Å²) in [7, 11) is 1.62. The molecule has 160 valence electrons. The Hall–Kier alpha value is -3.40. The molecule has 2 aromatic carbocycles. The molecule has 3 atom stereocenters. The normalized spacial score (nSPS) is 21.2. The van der Waals surface area contributed by atoms with Crippen LogP contribution in [0.5, 0.6) is 5.75 Å². The van der Waals surface area contributed by atoms with Gasteiger partial charge in [0.1, 0.15) is 18.1 Å². The Morgan fingerprint density at radius 2 is 2.06 bits per heavy atom. The van der Waals surface area contributed by atoms with Crippen LogP contribution in [0.2, 0.25) is 0 Å². The number of aliphatic hydroxyl groups is 2. The van der Waals surface area contributed by atoms with Crippen LogP contribution in [0.1, 0.15) is 12.6 Å². The lowest BCUT2D eigenvalue weighted by Gasteiger charge is -2.14. The molecule has 1 saturated heterocycles. The molecule has 1 aliphatic heterocycles. The van der Waals surface area contributed by atoms with Crippen molar-refractivity contribution in [1.29, 1.82) is 0 Å². The third-order valence-electron chi connectivity index (χ3n) is 5.75. The van der Waals surface area contributed by atoms with Crippen molar-refractivity contribution in [1.82, 2.24) is 14.5 Å². The van der Waals surface area contributed by atoms with Crippen LogP contribution in [0.3, 0.4) is 0 Å². The van der Waals surface area contributed by atoms with E-state index in [1.54, 1.807) is 17.9 Å². The van der Waals surface area contributed by atoms with E-state index in [1.807, 2.05) is 36.4 Å². The Bertz CT molecular complexity index is 1350. The number of rotatable bonds is 4. The first-order valence-electron chi connectivity index (χ1n) is 9.91. The number of nitrogen functional groups attached to an aromatic ring is 1. The molecule has 0 aliphatic carbocycles. The van der Waals surface area contributed by atoms with Gasteiger partial charge >= 0.3 is 0 Å². The molecule has 2 aromatic heterocycles. The van der Waals surface area contributed by atoms with Gasteiger partial charge in [-0.2, -0.15) is 4.98 Å². The van der Waals surface area contributed by atoms with Crippen molar-refractivity contribution >= 4 is 27.8 Å². The zero-order chi connectivity index (χ0) is 21.7. The molecule has 9 nitrogen and oxygen atoms in total. The topological polar surface area (TPSA) is 136 Å². The molecule has 0 spiro atoms. The smallest absolute Gasteiger partial charge is 0.262 e. The minimum absolute atomic E-state index is 0.00809. The highest BCUT2D eigenvalue weighted by molar-refractivity contribution is 5.97. The summed E-state index contributed by atoms with van der Waals surface area (Å²) in [4.78, 5) is 19.7. The second kappa shape index (κ2) is 7.38. The molecule has 5 rings (SSSR count). The number of hydrogen-bond donors (Lipinski definition) is 4. The maximum atomic E-state index is 12.8. The van der Waals surface area contributed by atoms with Gasteiger partial charge in [0.2, 0.25) is 5.95 Å². The Kier molecular flexibility index (Phi) is 4.66. The summed E-state index contributed by atoms with van der Waals surface area (Å²) in [6.45, 7) is -0.298. The molecule has 1 aliphatic rings. The third kappa shape index (κ3) is 3.23. The SMILES string of the molecule is COc1ccc2cc(-c3cn([C@H]4C[C@H](O)[C@@H](CO)O4)c4nc(N)[nH]c(=O)c34)ccc2c1. The highest BCUT2D eigenvalue weighted by Crippen LogP contribution is 2.36. The van der Waals surface area contributed by atoms with Gasteiger partial charge in [-0.05, 0) is 34.5 Å². The van der Waals surface area contributed by atoms with Gasteiger partial charge in [-0.25, -0.2) is 0 Å². The first-order valence-corrected chi connectivity index (χ1v) is 9.91. The van der Waals surface area contributed by atoms with Crippen molar-refractivity contribution in [2.45, 2.75) is 24.9 Å². The molecule has 4 aromatic rings. The van der Waals surface area contributed by atoms with E-state index in [9.17, 15) is 15.0 Å². The summed E-state index contributed by atoms with van der Waals surface area (Å²) >= 11 is 0. The number of ether oxygens (including phenoxy) is 2. The fraction of sp³-hybridized carbons (Fsp3) is 0.273. The van der Waals surface area contributed by atoms with E-state index in [0.29, 0.717) is 16.6 Å². The van der Waals surface area contributed by atoms with Gasteiger partial charge in [0, 0.05) is 18.2 Å². The standard InChI is InChI=1S/C22H22N4O5/c1-30-14-5-4-11-6-13(3-2-12(11)7-14)15-9-26(18-8-16(28)17(10-27)31-18)20-19(15)21(29)25-22(23)24-20/h2-7,9,16-18,27-28H,8,10H2,1H3,(H3,23,24,25,29)/t16-,17+,18+/m0/s1. The van der Waals surface area contributed by atoms with E-state index < -0.39 is 18.4 Å². The Labute approximate surface area is 176 Å². The van der Waals surface area contributed by atoms with Gasteiger partial charge in [0.05, 0.1) is 25.2 Å². The van der Waals surface area contributed by atoms with E-state index in [4.69, 9.17) is 15.2 Å². The van der Waals surface area contributed by atoms with Gasteiger partial charge < -0.3 is 30.0 Å². The number of nitrogens with two attached hydrogens (primary N) is 1. The lowest BCUT2D eigenvalue weighted by molar-refractivity contribution is -0.0430. The van der Waals surface area contributed by atoms with Crippen molar-refractivity contribution in [3.63, 3.8) is 0 Å². The number of methoxy groups -OCH3 is 1. The van der Waals surface area contributed by atoms with Crippen LogP contribution >= 0.6 is 0 Å². The number of aromatic amines is 1. The molecule has 0 amide bonds. The number of aromatic nitrogens is 3. The van der Waals surface area contributed by atoms with Gasteiger partial charge in [-0.3, -0.25) is 9.78 Å². The lowest BCUT2D eigenvalue weighted by Crippen LogP contribution is -2.24. The zero-order valence-electron chi connectivity index (χ0n) is 16.8. The van der Waals surface area contributed by atoms with Gasteiger partial charge in [0.25, 0.3) is 5.56 Å². The Balaban J connectivity index is 1.69. The highest BCUT2D eigenvalue weighted by Gasteiger charge is 2.35. The largest absolute Gasteiger partial charge is 0.497 e. The quantitative estimate of drug-likeness (QED) is 0.394. The average molecular weight is 422 g/mol. The fourth-order valence-corrected chi connectivity index (χ4v) is 4.18. The second-order valence-corrected chi connectivity index (χ2v) is 7.64. The van der Waals surface area contributed by atoms with Crippen molar-refractivity contribution in [3.8, 4) is 16.9 Å². The third-order valence-corrected chi connectivity index (χ3v) is 5.75. The maximum Gasteiger partial charge on any atom is 0.262 e. The van der Waals surface area contributed by atoms with Gasteiger partial charge in [-0.1, -0.05) is 18.2 Å². The monoisotopic (exact) mass is 422 g/mol. The number of benzene rings is 2. The first kappa shape index (κ1) is 19.6. The molecular weight excluding hydrogens is 400 g/mol. The van der Waals surface area contributed by atoms with Crippen molar-refractivity contribution in [3.05, 3.63) is 52.9 Å². The van der Waals surface area contributed by atoms with Crippen molar-refractivity contribution < 1.29 is 19.7 Å². The highest BCUT2D eigenvalue weighted by atomic mass is 16.5. The zero-order valence-corrected chi connectivity index (χ0v) is 16.8. The number of nitrogens with zero attached hydrogens (tertiary/aromatic N) is 2. The predicted molar refractivity (Wildman–Crippen MR) is 116 cm³/mol. The Morgan fingerprint density at radius 3 is 2.81 bits per heavy atom. The molecule has 0 bridgehead atoms. The van der Waals surface area contributed by atoms with Crippen LogP contribution in [-0.2, 0) is 4.74 Å². The maximum absolute atomic E-state index is 12.8. The second-order valence-electron chi connectivity index (χ2n) is 7.64. The number of H-pyrrole nitrogens is 1. The molecule has 31 heavy (non-hydrogen) atoms. The molecular formula is C22H22N4O5. The van der Waals surface area contributed by atoms with Crippen LogP contribution in [-0.4, -0.2) is 50.7 Å². The summed E-state index contributed by atoms with van der Waals surface area (Å²) in [5, 5.41) is 22.0. The molecule has 0 radical (unpaired) electrons. The molecule has 0 saturated carbocycles. The van der Waals surface area contributed by atoms with Crippen molar-refractivity contribution in [2.75, 3.05) is 19.5 Å². The average Bonchev–Trinajstić information content (AvgIpc) is 3.33. The molecule has 0 unspecified atom stereocenters. The lowest BCUT2D eigenvalue weighted by atomic mass is 10.0. The predicted octanol–water partition coefficient (Wildman–Crippen LogP) is 1.78. The van der Waals surface area contributed by atoms with E-state index in [1.165, 1.54) is 0 Å². The molecule has 5 N–H and O–H groups in total. The molecule has 1 fully saturated rings. The molecule has 3 heterocycles. The van der Waals surface area contributed by atoms with Gasteiger partial charge in [0.15, 0.2) is 5.65 Å². The van der Waals surface area contributed by atoms with E-state index in [0.717, 1.165) is 22.1 Å². The summed E-state index contributed by atoms with van der Waals surface area (Å²) < 4.78 is 12.8. The van der Waals surface area contributed by atoms with E-state index in [2.05, 4.69) is 9.97 Å². The molecule has 9 heteroatoms. The van der Waals surface area contributed by atoms with Gasteiger partial charge in [-0.15, -0.1) is 0 Å². The van der Waals surface area contributed by atoms with Crippen LogP contribution in [0.4, 0.5) is 5.95 Å². The number of fused-ring (bicyclic) bond motifs is 2. The number of anilines is 1. The number of nitrogens with one attached hydrogen (secondary N) is 1. The summed E-state index contributed by atoms with van der Waals surface area (Å²) in [6.07, 6.45) is -0.0391. The van der Waals surface area contributed by atoms with Crippen LogP contribution in [0, 0.1) is 0 Å². The minimum Gasteiger partial charge on any atom is -0.497 e. The van der Waals surface area contributed by atoms with Crippen molar-refractivity contribution in [2.24, 2.45) is 0 Å². The Morgan fingerprint density at radius 1 is 1.29 bits per heavy atom. The summed E-state index contributed by atoms with van der Waals surface area (Å²) in [5.74, 6) is 0.759. The summed E-state index contributed by atoms with van der Waals surface area (Å²) in [5.41, 5.74) is 7.31. The fourth-order valence-electron chi connectivity index (χ4n) is 4.18. The van der Waals surface area contributed by atoms with Crippen LogP contribution in [0.25, 0.3) is 32.9 Å². The summed E-state index contributed by atoms with van der Waals surface area (Å²) in [6, 6.07) is 11.7. The van der Waals surface area contributed by atoms with E-state index in [-0.39, 0.29) is 24.5 Å². The number of aliphatic hydroxyl groups excluding tert-OH is 2. The first-order chi connectivity index (χ1) is 15.0. The number of hydrogen-bond acceptors (Lipinski definition) is 7. The van der Waals surface area contributed by atoms with Crippen LogP contribution in [0.15, 0.2) is 47.4 Å². The van der Waals surface area contributed by atoms with E-state index >= 15 is 0 Å².